The van der Waals surface area contributed by atoms with Crippen LogP contribution in [-0.4, -0.2) is 61.8 Å². The minimum atomic E-state index is -0.429. The molecule has 26 heavy (non-hydrogen) atoms. The highest BCUT2D eigenvalue weighted by Crippen LogP contribution is 2.26. The fourth-order valence-corrected chi connectivity index (χ4v) is 3.40. The van der Waals surface area contributed by atoms with E-state index in [-0.39, 0.29) is 0 Å². The lowest BCUT2D eigenvalue weighted by Gasteiger charge is -2.35. The second kappa shape index (κ2) is 9.03. The minimum absolute atomic E-state index is 0.429. The Bertz CT molecular complexity index is 685. The van der Waals surface area contributed by atoms with E-state index in [0.29, 0.717) is 6.54 Å². The maximum atomic E-state index is 10.4. The van der Waals surface area contributed by atoms with E-state index in [1.165, 1.54) is 0 Å². The molecule has 140 valence electrons. The standard InChI is InChI=1S/C21H28N2O3/c1-25-19-8-9-21(26-2)18(14-19)15-22-10-12-23(13-11-22)16-20(24)17-6-4-3-5-7-17/h3-9,14,20,24H,10-13,15-16H2,1-2H3/t20-/m1/s1. The van der Waals surface area contributed by atoms with E-state index >= 15 is 0 Å². The van der Waals surface area contributed by atoms with Gasteiger partial charge in [0.25, 0.3) is 0 Å². The molecule has 0 aromatic heterocycles. The smallest absolute Gasteiger partial charge is 0.123 e. The average Bonchev–Trinajstić information content (AvgIpc) is 2.70. The van der Waals surface area contributed by atoms with E-state index < -0.39 is 6.10 Å². The second-order valence-electron chi connectivity index (χ2n) is 6.68. The zero-order chi connectivity index (χ0) is 18.4. The fourth-order valence-electron chi connectivity index (χ4n) is 3.40. The van der Waals surface area contributed by atoms with Crippen LogP contribution in [0.15, 0.2) is 48.5 Å². The molecule has 1 aliphatic rings. The Kier molecular flexibility index (Phi) is 6.50. The quantitative estimate of drug-likeness (QED) is 0.826. The molecule has 0 spiro atoms. The van der Waals surface area contributed by atoms with Crippen LogP contribution in [0.1, 0.15) is 17.2 Å². The third kappa shape index (κ3) is 4.75. The molecule has 2 aromatic rings. The average molecular weight is 356 g/mol. The molecule has 0 unspecified atom stereocenters. The summed E-state index contributed by atoms with van der Waals surface area (Å²) in [4.78, 5) is 4.75. The highest BCUT2D eigenvalue weighted by Gasteiger charge is 2.21. The number of aliphatic hydroxyl groups excluding tert-OH is 1. The van der Waals surface area contributed by atoms with Crippen molar-refractivity contribution in [2.75, 3.05) is 46.9 Å². The van der Waals surface area contributed by atoms with Crippen LogP contribution >= 0.6 is 0 Å². The molecule has 5 nitrogen and oxygen atoms in total. The van der Waals surface area contributed by atoms with Gasteiger partial charge in [-0.2, -0.15) is 0 Å². The molecule has 0 amide bonds. The molecule has 1 fully saturated rings. The minimum Gasteiger partial charge on any atom is -0.497 e. The van der Waals surface area contributed by atoms with Crippen LogP contribution in [0.4, 0.5) is 0 Å². The molecule has 1 atom stereocenters. The van der Waals surface area contributed by atoms with Crippen molar-refractivity contribution in [1.82, 2.24) is 9.80 Å². The highest BCUT2D eigenvalue weighted by atomic mass is 16.5. The van der Waals surface area contributed by atoms with Crippen LogP contribution in [0, 0.1) is 0 Å². The van der Waals surface area contributed by atoms with Crippen molar-refractivity contribution in [3.05, 3.63) is 59.7 Å². The van der Waals surface area contributed by atoms with Gasteiger partial charge in [-0.3, -0.25) is 9.80 Å². The molecule has 5 heteroatoms. The van der Waals surface area contributed by atoms with Gasteiger partial charge in [0.05, 0.1) is 20.3 Å². The van der Waals surface area contributed by atoms with Gasteiger partial charge in [0, 0.05) is 44.8 Å². The summed E-state index contributed by atoms with van der Waals surface area (Å²) >= 11 is 0. The number of ether oxygens (including phenoxy) is 2. The van der Waals surface area contributed by atoms with Gasteiger partial charge in [0.15, 0.2) is 0 Å². The molecule has 0 saturated carbocycles. The Morgan fingerprint density at radius 3 is 2.27 bits per heavy atom. The monoisotopic (exact) mass is 356 g/mol. The third-order valence-corrected chi connectivity index (χ3v) is 4.96. The number of β-amino-alcohol motifs (C(OH)–C–C–N with tert-alkyl or cyclic N) is 1. The molecule has 3 rings (SSSR count). The number of methoxy groups -OCH3 is 2. The van der Waals surface area contributed by atoms with Crippen molar-refractivity contribution in [2.45, 2.75) is 12.6 Å². The number of rotatable bonds is 7. The molecule has 1 aliphatic heterocycles. The predicted octanol–water partition coefficient (Wildman–Crippen LogP) is 2.56. The van der Waals surface area contributed by atoms with Crippen molar-refractivity contribution in [3.63, 3.8) is 0 Å². The van der Waals surface area contributed by atoms with Crippen LogP contribution in [-0.2, 0) is 6.54 Å². The number of piperazine rings is 1. The number of nitrogens with zero attached hydrogens (tertiary/aromatic N) is 2. The van der Waals surface area contributed by atoms with Crippen LogP contribution in [0.25, 0.3) is 0 Å². The number of benzene rings is 2. The third-order valence-electron chi connectivity index (χ3n) is 4.96. The molecular formula is C21H28N2O3. The number of hydrogen-bond donors (Lipinski definition) is 1. The zero-order valence-electron chi connectivity index (χ0n) is 15.6. The lowest BCUT2D eigenvalue weighted by atomic mass is 10.1. The van der Waals surface area contributed by atoms with Gasteiger partial charge in [-0.15, -0.1) is 0 Å². The summed E-state index contributed by atoms with van der Waals surface area (Å²) in [5.74, 6) is 1.75. The number of hydrogen-bond acceptors (Lipinski definition) is 5. The molecule has 0 aliphatic carbocycles. The summed E-state index contributed by atoms with van der Waals surface area (Å²) in [6, 6.07) is 15.8. The zero-order valence-corrected chi connectivity index (χ0v) is 15.6. The molecule has 0 radical (unpaired) electrons. The van der Waals surface area contributed by atoms with Crippen LogP contribution in [0.5, 0.6) is 11.5 Å². The van der Waals surface area contributed by atoms with E-state index in [4.69, 9.17) is 9.47 Å². The Morgan fingerprint density at radius 1 is 0.923 bits per heavy atom. The van der Waals surface area contributed by atoms with Crippen LogP contribution in [0.2, 0.25) is 0 Å². The first kappa shape index (κ1) is 18.7. The van der Waals surface area contributed by atoms with Crippen molar-refractivity contribution in [2.24, 2.45) is 0 Å². The predicted molar refractivity (Wildman–Crippen MR) is 103 cm³/mol. The molecule has 1 heterocycles. The molecule has 1 saturated heterocycles. The summed E-state index contributed by atoms with van der Waals surface area (Å²) in [6.45, 7) is 5.38. The van der Waals surface area contributed by atoms with Crippen molar-refractivity contribution in [1.29, 1.82) is 0 Å². The molecule has 2 aromatic carbocycles. The fraction of sp³-hybridized carbons (Fsp3) is 0.429. The Morgan fingerprint density at radius 2 is 1.62 bits per heavy atom. The largest absolute Gasteiger partial charge is 0.497 e. The Labute approximate surface area is 155 Å². The van der Waals surface area contributed by atoms with Gasteiger partial charge in [0.1, 0.15) is 11.5 Å². The number of aliphatic hydroxyl groups is 1. The van der Waals surface area contributed by atoms with E-state index in [0.717, 1.165) is 55.3 Å². The van der Waals surface area contributed by atoms with E-state index in [1.54, 1.807) is 14.2 Å². The van der Waals surface area contributed by atoms with Gasteiger partial charge < -0.3 is 14.6 Å². The SMILES string of the molecule is COc1ccc(OC)c(CN2CCN(C[C@@H](O)c3ccccc3)CC2)c1. The van der Waals surface area contributed by atoms with Gasteiger partial charge in [-0.25, -0.2) is 0 Å². The van der Waals surface area contributed by atoms with Crippen molar-refractivity contribution < 1.29 is 14.6 Å². The van der Waals surface area contributed by atoms with Crippen molar-refractivity contribution >= 4 is 0 Å². The first-order valence-electron chi connectivity index (χ1n) is 9.08. The first-order chi connectivity index (χ1) is 12.7. The first-order valence-corrected chi connectivity index (χ1v) is 9.08. The van der Waals surface area contributed by atoms with Crippen LogP contribution in [0.3, 0.4) is 0 Å². The summed E-state index contributed by atoms with van der Waals surface area (Å²) < 4.78 is 10.8. The van der Waals surface area contributed by atoms with Crippen molar-refractivity contribution in [3.8, 4) is 11.5 Å². The summed E-state index contributed by atoms with van der Waals surface area (Å²) in [6.07, 6.45) is -0.429. The lowest BCUT2D eigenvalue weighted by Crippen LogP contribution is -2.47. The summed E-state index contributed by atoms with van der Waals surface area (Å²) in [5.41, 5.74) is 2.13. The second-order valence-corrected chi connectivity index (χ2v) is 6.68. The molecule has 1 N–H and O–H groups in total. The Hall–Kier alpha value is -2.08. The molecular weight excluding hydrogens is 328 g/mol. The lowest BCUT2D eigenvalue weighted by molar-refractivity contribution is 0.0698. The maximum absolute atomic E-state index is 10.4. The normalized spacial score (nSPS) is 17.0. The van der Waals surface area contributed by atoms with Gasteiger partial charge in [0.2, 0.25) is 0 Å². The summed E-state index contributed by atoms with van der Waals surface area (Å²) in [7, 11) is 3.39. The van der Waals surface area contributed by atoms with Gasteiger partial charge >= 0.3 is 0 Å². The highest BCUT2D eigenvalue weighted by molar-refractivity contribution is 5.40. The topological polar surface area (TPSA) is 45.2 Å². The van der Waals surface area contributed by atoms with Gasteiger partial charge in [-0.1, -0.05) is 30.3 Å². The van der Waals surface area contributed by atoms with Gasteiger partial charge in [-0.05, 0) is 23.8 Å². The van der Waals surface area contributed by atoms with Crippen LogP contribution < -0.4 is 9.47 Å². The van der Waals surface area contributed by atoms with E-state index in [9.17, 15) is 5.11 Å². The maximum Gasteiger partial charge on any atom is 0.123 e. The molecule has 0 bridgehead atoms. The Balaban J connectivity index is 1.53. The van der Waals surface area contributed by atoms with E-state index in [2.05, 4.69) is 9.80 Å². The van der Waals surface area contributed by atoms with E-state index in [1.807, 2.05) is 48.5 Å². The summed E-state index contributed by atoms with van der Waals surface area (Å²) in [5, 5.41) is 10.4.